The number of oxazole rings is 1. The second-order valence-corrected chi connectivity index (χ2v) is 8.53. The molecule has 10 heteroatoms. The molecule has 0 amide bonds. The van der Waals surface area contributed by atoms with E-state index in [2.05, 4.69) is 4.98 Å². The summed E-state index contributed by atoms with van der Waals surface area (Å²) in [6.07, 6.45) is -3.37. The number of rotatable bonds is 8. The normalized spacial score (nSPS) is 17.5. The first-order valence-corrected chi connectivity index (χ1v) is 11.5. The minimum absolute atomic E-state index is 0.267. The van der Waals surface area contributed by atoms with Gasteiger partial charge in [-0.3, -0.25) is 9.69 Å². The van der Waals surface area contributed by atoms with Crippen molar-refractivity contribution in [3.05, 3.63) is 83.1 Å². The van der Waals surface area contributed by atoms with E-state index in [4.69, 9.17) is 18.6 Å². The highest BCUT2D eigenvalue weighted by molar-refractivity contribution is 5.75. The van der Waals surface area contributed by atoms with Gasteiger partial charge in [-0.15, -0.1) is 0 Å². The fourth-order valence-electron chi connectivity index (χ4n) is 4.16. The van der Waals surface area contributed by atoms with Crippen LogP contribution in [0.2, 0.25) is 0 Å². The molecule has 1 fully saturated rings. The van der Waals surface area contributed by atoms with Crippen molar-refractivity contribution in [2.45, 2.75) is 38.2 Å². The number of esters is 1. The SMILES string of the molecule is COC(=O)[C@@H]1COCCN1Cc1cccc(OC(Cc2ccc(C(F)(F)F)cc2)c2ncoc2C)c1. The van der Waals surface area contributed by atoms with Crippen LogP contribution in [0.25, 0.3) is 0 Å². The van der Waals surface area contributed by atoms with Crippen LogP contribution in [0, 0.1) is 6.92 Å². The first-order chi connectivity index (χ1) is 17.2. The third-order valence-corrected chi connectivity index (χ3v) is 6.06. The molecule has 0 saturated carbocycles. The van der Waals surface area contributed by atoms with Crippen LogP contribution < -0.4 is 4.74 Å². The van der Waals surface area contributed by atoms with Gasteiger partial charge in [0.15, 0.2) is 6.39 Å². The Bertz CT molecular complexity index is 1160. The summed E-state index contributed by atoms with van der Waals surface area (Å²) >= 11 is 0. The molecule has 0 aliphatic carbocycles. The van der Waals surface area contributed by atoms with E-state index in [-0.39, 0.29) is 12.6 Å². The van der Waals surface area contributed by atoms with Gasteiger partial charge >= 0.3 is 12.1 Å². The summed E-state index contributed by atoms with van der Waals surface area (Å²) < 4.78 is 60.9. The van der Waals surface area contributed by atoms with Crippen LogP contribution >= 0.6 is 0 Å². The first-order valence-electron chi connectivity index (χ1n) is 11.5. The van der Waals surface area contributed by atoms with E-state index < -0.39 is 23.9 Å². The summed E-state index contributed by atoms with van der Waals surface area (Å²) in [5.41, 5.74) is 1.45. The number of methoxy groups -OCH3 is 1. The number of nitrogens with zero attached hydrogens (tertiary/aromatic N) is 2. The van der Waals surface area contributed by atoms with Crippen molar-refractivity contribution in [3.63, 3.8) is 0 Å². The summed E-state index contributed by atoms with van der Waals surface area (Å²) in [4.78, 5) is 18.4. The standard InChI is InChI=1S/C26H27F3N2O5/c1-17-24(30-16-35-17)23(13-18-6-8-20(9-7-18)26(27,28)29)36-21-5-3-4-19(12-21)14-31-10-11-34-15-22(31)25(32)33-2/h3-9,12,16,22-23H,10-11,13-15H2,1-2H3/t22-,23?/m0/s1. The van der Waals surface area contributed by atoms with Gasteiger partial charge in [0.05, 0.1) is 25.9 Å². The molecule has 1 unspecified atom stereocenters. The van der Waals surface area contributed by atoms with Crippen molar-refractivity contribution in [2.75, 3.05) is 26.9 Å². The Labute approximate surface area is 206 Å². The summed E-state index contributed by atoms with van der Waals surface area (Å²) in [7, 11) is 1.35. The molecule has 4 rings (SSSR count). The molecule has 1 aliphatic rings. The predicted molar refractivity (Wildman–Crippen MR) is 123 cm³/mol. The predicted octanol–water partition coefficient (Wildman–Crippen LogP) is 4.74. The third kappa shape index (κ3) is 6.24. The summed E-state index contributed by atoms with van der Waals surface area (Å²) in [5.74, 6) is 0.784. The highest BCUT2D eigenvalue weighted by atomic mass is 19.4. The number of hydrogen-bond donors (Lipinski definition) is 0. The van der Waals surface area contributed by atoms with Gasteiger partial charge < -0.3 is 18.6 Å². The number of ether oxygens (including phenoxy) is 3. The van der Waals surface area contributed by atoms with Crippen LogP contribution in [-0.2, 0) is 33.4 Å². The lowest BCUT2D eigenvalue weighted by molar-refractivity contribution is -0.153. The van der Waals surface area contributed by atoms with Crippen LogP contribution in [0.4, 0.5) is 13.2 Å². The van der Waals surface area contributed by atoms with Gasteiger partial charge in [0.2, 0.25) is 0 Å². The molecule has 2 aromatic carbocycles. The minimum atomic E-state index is -4.40. The molecule has 3 aromatic rings. The van der Waals surface area contributed by atoms with Crippen molar-refractivity contribution >= 4 is 5.97 Å². The molecular weight excluding hydrogens is 477 g/mol. The highest BCUT2D eigenvalue weighted by Gasteiger charge is 2.31. The van der Waals surface area contributed by atoms with Gasteiger partial charge in [-0.1, -0.05) is 24.3 Å². The molecule has 0 radical (unpaired) electrons. The van der Waals surface area contributed by atoms with Crippen molar-refractivity contribution in [2.24, 2.45) is 0 Å². The average molecular weight is 505 g/mol. The number of benzene rings is 2. The summed E-state index contributed by atoms with van der Waals surface area (Å²) in [5, 5.41) is 0. The van der Waals surface area contributed by atoms with Crippen molar-refractivity contribution < 1.29 is 36.6 Å². The molecule has 0 N–H and O–H groups in total. The molecule has 2 heterocycles. The quantitative estimate of drug-likeness (QED) is 0.411. The topological polar surface area (TPSA) is 74.0 Å². The summed E-state index contributed by atoms with van der Waals surface area (Å²) in [6.45, 7) is 3.62. The van der Waals surface area contributed by atoms with Crippen LogP contribution in [0.1, 0.15) is 34.2 Å². The zero-order valence-corrected chi connectivity index (χ0v) is 20.0. The van der Waals surface area contributed by atoms with E-state index in [9.17, 15) is 18.0 Å². The van der Waals surface area contributed by atoms with Crippen LogP contribution in [0.3, 0.4) is 0 Å². The van der Waals surface area contributed by atoms with E-state index >= 15 is 0 Å². The fourth-order valence-corrected chi connectivity index (χ4v) is 4.16. The number of carbonyl (C=O) groups is 1. The zero-order chi connectivity index (χ0) is 25.7. The molecule has 1 saturated heterocycles. The molecule has 192 valence electrons. The van der Waals surface area contributed by atoms with E-state index in [1.165, 1.54) is 25.6 Å². The first kappa shape index (κ1) is 25.7. The van der Waals surface area contributed by atoms with E-state index in [0.29, 0.717) is 48.9 Å². The Morgan fingerprint density at radius 1 is 1.19 bits per heavy atom. The Hall–Kier alpha value is -3.37. The number of hydrogen-bond acceptors (Lipinski definition) is 7. The van der Waals surface area contributed by atoms with Gasteiger partial charge in [0.25, 0.3) is 0 Å². The maximum Gasteiger partial charge on any atom is 0.416 e. The number of alkyl halides is 3. The third-order valence-electron chi connectivity index (χ3n) is 6.06. The monoisotopic (exact) mass is 504 g/mol. The molecule has 0 bridgehead atoms. The van der Waals surface area contributed by atoms with Crippen LogP contribution in [0.5, 0.6) is 5.75 Å². The number of morpholine rings is 1. The van der Waals surface area contributed by atoms with E-state index in [1.54, 1.807) is 13.0 Å². The van der Waals surface area contributed by atoms with Crippen molar-refractivity contribution in [1.29, 1.82) is 0 Å². The Balaban J connectivity index is 1.52. The maximum atomic E-state index is 13.0. The average Bonchev–Trinajstić information content (AvgIpc) is 3.29. The molecule has 2 atom stereocenters. The van der Waals surface area contributed by atoms with Crippen molar-refractivity contribution in [1.82, 2.24) is 9.88 Å². The molecule has 36 heavy (non-hydrogen) atoms. The second-order valence-electron chi connectivity index (χ2n) is 8.53. The van der Waals surface area contributed by atoms with Crippen molar-refractivity contribution in [3.8, 4) is 5.75 Å². The van der Waals surface area contributed by atoms with Gasteiger partial charge in [0, 0.05) is 19.5 Å². The largest absolute Gasteiger partial charge is 0.484 e. The Morgan fingerprint density at radius 2 is 1.97 bits per heavy atom. The summed E-state index contributed by atoms with van der Waals surface area (Å²) in [6, 6.07) is 12.0. The Morgan fingerprint density at radius 3 is 2.64 bits per heavy atom. The second kappa shape index (κ2) is 11.1. The number of carbonyl (C=O) groups excluding carboxylic acids is 1. The molecule has 7 nitrogen and oxygen atoms in total. The Kier molecular flexibility index (Phi) is 7.95. The van der Waals surface area contributed by atoms with E-state index in [0.717, 1.165) is 17.7 Å². The molecule has 1 aliphatic heterocycles. The lowest BCUT2D eigenvalue weighted by Gasteiger charge is -2.33. The van der Waals surface area contributed by atoms with Crippen LogP contribution in [0.15, 0.2) is 59.3 Å². The van der Waals surface area contributed by atoms with Gasteiger partial charge in [0.1, 0.15) is 29.3 Å². The number of aromatic nitrogens is 1. The molecular formula is C26H27F3N2O5. The number of aryl methyl sites for hydroxylation is 1. The zero-order valence-electron chi connectivity index (χ0n) is 20.0. The van der Waals surface area contributed by atoms with E-state index in [1.807, 2.05) is 23.1 Å². The smallest absolute Gasteiger partial charge is 0.416 e. The highest BCUT2D eigenvalue weighted by Crippen LogP contribution is 2.31. The van der Waals surface area contributed by atoms with Crippen LogP contribution in [-0.4, -0.2) is 48.8 Å². The van der Waals surface area contributed by atoms with Gasteiger partial charge in [-0.05, 0) is 42.3 Å². The lowest BCUT2D eigenvalue weighted by atomic mass is 10.0. The lowest BCUT2D eigenvalue weighted by Crippen LogP contribution is -2.49. The van der Waals surface area contributed by atoms with Gasteiger partial charge in [-0.2, -0.15) is 13.2 Å². The minimum Gasteiger partial charge on any atom is -0.484 e. The fraction of sp³-hybridized carbons (Fsp3) is 0.385. The number of halogens is 3. The van der Waals surface area contributed by atoms with Gasteiger partial charge in [-0.25, -0.2) is 4.98 Å². The maximum absolute atomic E-state index is 13.0. The molecule has 1 aromatic heterocycles. The molecule has 0 spiro atoms.